The van der Waals surface area contributed by atoms with Gasteiger partial charge < -0.3 is 5.73 Å². The lowest BCUT2D eigenvalue weighted by Gasteiger charge is -2.40. The van der Waals surface area contributed by atoms with Crippen LogP contribution in [0.15, 0.2) is 24.3 Å². The fraction of sp³-hybridized carbons (Fsp3) is 0.467. The van der Waals surface area contributed by atoms with Gasteiger partial charge in [0.1, 0.15) is 11.2 Å². The molecule has 0 heterocycles. The number of carbonyl (C=O) groups is 2. The smallest absolute Gasteiger partial charge is 0.232 e. The van der Waals surface area contributed by atoms with Crippen LogP contribution in [0.25, 0.3) is 0 Å². The summed E-state index contributed by atoms with van der Waals surface area (Å²) in [5.41, 5.74) is 6.01. The Morgan fingerprint density at radius 1 is 1.22 bits per heavy atom. The number of ketones is 1. The summed E-state index contributed by atoms with van der Waals surface area (Å²) in [5.74, 6) is -0.855. The topological polar surface area (TPSA) is 60.2 Å². The highest BCUT2D eigenvalue weighted by atomic mass is 16.2. The minimum atomic E-state index is -1.14. The van der Waals surface area contributed by atoms with Gasteiger partial charge in [-0.15, -0.1) is 0 Å². The quantitative estimate of drug-likeness (QED) is 0.811. The van der Waals surface area contributed by atoms with Crippen molar-refractivity contribution < 1.29 is 9.59 Å². The van der Waals surface area contributed by atoms with Crippen LogP contribution in [0.1, 0.15) is 44.7 Å². The molecule has 2 atom stereocenters. The van der Waals surface area contributed by atoms with E-state index >= 15 is 0 Å². The van der Waals surface area contributed by atoms with Crippen molar-refractivity contribution in [1.29, 1.82) is 0 Å². The van der Waals surface area contributed by atoms with Gasteiger partial charge in [-0.2, -0.15) is 0 Å². The summed E-state index contributed by atoms with van der Waals surface area (Å²) in [6.07, 6.45) is 0. The SMILES string of the molecule is CC(=O)C1(C(N)=O)C(C)c2ccccc2C1(C)C. The first-order chi connectivity index (χ1) is 8.27. The second kappa shape index (κ2) is 3.67. The fourth-order valence-corrected chi connectivity index (χ4v) is 3.87. The van der Waals surface area contributed by atoms with Gasteiger partial charge in [-0.1, -0.05) is 45.0 Å². The van der Waals surface area contributed by atoms with Crippen LogP contribution in [0.5, 0.6) is 0 Å². The van der Waals surface area contributed by atoms with Crippen LogP contribution in [-0.2, 0) is 15.0 Å². The summed E-state index contributed by atoms with van der Waals surface area (Å²) < 4.78 is 0. The second-order valence-corrected chi connectivity index (χ2v) is 5.66. The Bertz CT molecular complexity index is 517. The summed E-state index contributed by atoms with van der Waals surface area (Å²) in [4.78, 5) is 24.3. The lowest BCUT2D eigenvalue weighted by Crippen LogP contribution is -2.54. The molecule has 18 heavy (non-hydrogen) atoms. The predicted octanol–water partition coefficient (Wildman–Crippen LogP) is 2.14. The lowest BCUT2D eigenvalue weighted by atomic mass is 9.60. The molecule has 1 aromatic rings. The van der Waals surface area contributed by atoms with E-state index in [1.807, 2.05) is 45.0 Å². The highest BCUT2D eigenvalue weighted by Crippen LogP contribution is 2.58. The molecule has 0 spiro atoms. The maximum absolute atomic E-state index is 12.2. The molecule has 2 N–H and O–H groups in total. The Labute approximate surface area is 107 Å². The van der Waals surface area contributed by atoms with Crippen molar-refractivity contribution in [2.45, 2.75) is 39.0 Å². The summed E-state index contributed by atoms with van der Waals surface area (Å²) in [5, 5.41) is 0. The van der Waals surface area contributed by atoms with Crippen molar-refractivity contribution in [3.05, 3.63) is 35.4 Å². The average Bonchev–Trinajstić information content (AvgIpc) is 2.45. The number of carbonyl (C=O) groups excluding carboxylic acids is 2. The number of fused-ring (bicyclic) bond motifs is 1. The third-order valence-electron chi connectivity index (χ3n) is 4.68. The molecule has 0 fully saturated rings. The number of Topliss-reactive ketones (excluding diaryl/α,β-unsaturated/α-hetero) is 1. The van der Waals surface area contributed by atoms with Gasteiger partial charge in [0.05, 0.1) is 0 Å². The van der Waals surface area contributed by atoms with E-state index < -0.39 is 16.7 Å². The van der Waals surface area contributed by atoms with E-state index in [2.05, 4.69) is 0 Å². The van der Waals surface area contributed by atoms with Crippen LogP contribution < -0.4 is 5.73 Å². The monoisotopic (exact) mass is 245 g/mol. The molecule has 3 nitrogen and oxygen atoms in total. The highest BCUT2D eigenvalue weighted by Gasteiger charge is 2.63. The normalized spacial score (nSPS) is 28.8. The number of nitrogens with two attached hydrogens (primary N) is 1. The molecule has 0 saturated heterocycles. The first-order valence-electron chi connectivity index (χ1n) is 6.18. The highest BCUT2D eigenvalue weighted by molar-refractivity contribution is 6.08. The maximum atomic E-state index is 12.2. The van der Waals surface area contributed by atoms with Crippen molar-refractivity contribution in [1.82, 2.24) is 0 Å². The number of hydrogen-bond acceptors (Lipinski definition) is 2. The van der Waals surface area contributed by atoms with Gasteiger partial charge in [-0.05, 0) is 18.1 Å². The van der Waals surface area contributed by atoms with Gasteiger partial charge in [0.2, 0.25) is 5.91 Å². The molecule has 96 valence electrons. The van der Waals surface area contributed by atoms with Crippen LogP contribution >= 0.6 is 0 Å². The lowest BCUT2D eigenvalue weighted by molar-refractivity contribution is -0.144. The molecular formula is C15H19NO2. The van der Waals surface area contributed by atoms with Gasteiger partial charge >= 0.3 is 0 Å². The minimum absolute atomic E-state index is 0.149. The fourth-order valence-electron chi connectivity index (χ4n) is 3.87. The molecule has 0 aromatic heterocycles. The molecule has 3 heteroatoms. The molecule has 1 amide bonds. The van der Waals surface area contributed by atoms with Crippen molar-refractivity contribution in [3.63, 3.8) is 0 Å². The zero-order chi connectivity index (χ0) is 13.7. The van der Waals surface area contributed by atoms with Crippen molar-refractivity contribution in [2.24, 2.45) is 11.1 Å². The molecule has 1 aliphatic carbocycles. The van der Waals surface area contributed by atoms with Crippen molar-refractivity contribution in [3.8, 4) is 0 Å². The number of amides is 1. The van der Waals surface area contributed by atoms with Crippen LogP contribution in [-0.4, -0.2) is 11.7 Å². The van der Waals surface area contributed by atoms with Gasteiger partial charge in [0.25, 0.3) is 0 Å². The molecule has 2 unspecified atom stereocenters. The zero-order valence-electron chi connectivity index (χ0n) is 11.3. The zero-order valence-corrected chi connectivity index (χ0v) is 11.3. The van der Waals surface area contributed by atoms with Gasteiger partial charge in [0, 0.05) is 11.3 Å². The molecule has 2 rings (SSSR count). The third-order valence-corrected chi connectivity index (χ3v) is 4.68. The van der Waals surface area contributed by atoms with E-state index in [9.17, 15) is 9.59 Å². The predicted molar refractivity (Wildman–Crippen MR) is 70.2 cm³/mol. The number of rotatable bonds is 2. The van der Waals surface area contributed by atoms with Crippen molar-refractivity contribution >= 4 is 11.7 Å². The van der Waals surface area contributed by atoms with E-state index in [1.165, 1.54) is 6.92 Å². The summed E-state index contributed by atoms with van der Waals surface area (Å²) in [7, 11) is 0. The van der Waals surface area contributed by atoms with Gasteiger partial charge in [0.15, 0.2) is 0 Å². The van der Waals surface area contributed by atoms with E-state index in [0.29, 0.717) is 0 Å². The second-order valence-electron chi connectivity index (χ2n) is 5.66. The Kier molecular flexibility index (Phi) is 2.61. The van der Waals surface area contributed by atoms with Gasteiger partial charge in [-0.3, -0.25) is 9.59 Å². The van der Waals surface area contributed by atoms with E-state index in [4.69, 9.17) is 5.73 Å². The van der Waals surface area contributed by atoms with Gasteiger partial charge in [-0.25, -0.2) is 0 Å². The Morgan fingerprint density at radius 3 is 2.22 bits per heavy atom. The molecule has 1 aromatic carbocycles. The Morgan fingerprint density at radius 2 is 1.78 bits per heavy atom. The summed E-state index contributed by atoms with van der Waals surface area (Å²) >= 11 is 0. The van der Waals surface area contributed by atoms with E-state index in [0.717, 1.165) is 11.1 Å². The minimum Gasteiger partial charge on any atom is -0.369 e. The maximum Gasteiger partial charge on any atom is 0.232 e. The molecule has 0 bridgehead atoms. The molecule has 0 aliphatic heterocycles. The van der Waals surface area contributed by atoms with Crippen LogP contribution in [0.4, 0.5) is 0 Å². The Balaban J connectivity index is 2.81. The number of benzene rings is 1. The number of primary amides is 1. The van der Waals surface area contributed by atoms with Crippen LogP contribution in [0, 0.1) is 5.41 Å². The van der Waals surface area contributed by atoms with E-state index in [1.54, 1.807) is 0 Å². The number of hydrogen-bond donors (Lipinski definition) is 1. The first-order valence-corrected chi connectivity index (χ1v) is 6.18. The molecular weight excluding hydrogens is 226 g/mol. The summed E-state index contributed by atoms with van der Waals surface area (Å²) in [6, 6.07) is 7.84. The average molecular weight is 245 g/mol. The third kappa shape index (κ3) is 1.19. The largest absolute Gasteiger partial charge is 0.369 e. The molecule has 1 aliphatic rings. The first kappa shape index (κ1) is 12.8. The standard InChI is InChI=1S/C15H19NO2/c1-9-11-7-5-6-8-12(11)14(3,4)15(9,10(2)17)13(16)18/h5-9H,1-4H3,(H2,16,18). The summed E-state index contributed by atoms with van der Waals surface area (Å²) in [6.45, 7) is 7.25. The molecule has 0 radical (unpaired) electrons. The van der Waals surface area contributed by atoms with E-state index in [-0.39, 0.29) is 11.7 Å². The van der Waals surface area contributed by atoms with Crippen molar-refractivity contribution in [2.75, 3.05) is 0 Å². The molecule has 0 saturated carbocycles. The van der Waals surface area contributed by atoms with Crippen LogP contribution in [0.2, 0.25) is 0 Å². The Hall–Kier alpha value is -1.64. The van der Waals surface area contributed by atoms with Crippen LogP contribution in [0.3, 0.4) is 0 Å².